The number of nitrogens with zero attached hydrogens (tertiary/aromatic N) is 8. The number of halogens is 4. The normalized spacial score (nSPS) is 12.9. The fourth-order valence-corrected chi connectivity index (χ4v) is 7.25. The van der Waals surface area contributed by atoms with E-state index in [-0.39, 0.29) is 55.0 Å². The number of alkyl halides is 3. The molecule has 4 aromatic heterocycles. The summed E-state index contributed by atoms with van der Waals surface area (Å²) in [5.74, 6) is -0.0266. The Labute approximate surface area is 346 Å². The molecule has 13 nitrogen and oxygen atoms in total. The molecule has 1 saturated carbocycles. The van der Waals surface area contributed by atoms with Gasteiger partial charge in [-0.05, 0) is 56.0 Å². The van der Waals surface area contributed by atoms with Crippen LogP contribution < -0.4 is 20.5 Å². The molecule has 312 valence electrons. The zero-order chi connectivity index (χ0) is 42.8. The number of benzene rings is 3. The van der Waals surface area contributed by atoms with E-state index in [4.69, 9.17) is 4.74 Å². The lowest BCUT2D eigenvalue weighted by atomic mass is 10.0. The monoisotopic (exact) mass is 832 g/mol. The third-order valence-electron chi connectivity index (χ3n) is 10.5. The first-order chi connectivity index (χ1) is 29.4. The fraction of sp³-hybridized carbons (Fsp3) is 0.273. The molecule has 1 amide bonds. The molecule has 0 atom stereocenters. The molecule has 7 aromatic rings. The van der Waals surface area contributed by atoms with E-state index >= 15 is 4.39 Å². The number of hydrogen-bond acceptors (Lipinski definition) is 10. The quantitative estimate of drug-likeness (QED) is 0.104. The molecule has 0 bridgehead atoms. The molecule has 0 radical (unpaired) electrons. The summed E-state index contributed by atoms with van der Waals surface area (Å²) in [5, 5.41) is 10.7. The maximum Gasteiger partial charge on any atom is 0.434 e. The first-order valence-corrected chi connectivity index (χ1v) is 19.6. The molecule has 3 aromatic carbocycles. The number of methoxy groups -OCH3 is 1. The van der Waals surface area contributed by atoms with Crippen LogP contribution in [0.2, 0.25) is 0 Å². The van der Waals surface area contributed by atoms with Gasteiger partial charge in [0.2, 0.25) is 5.88 Å². The number of anilines is 1. The molecule has 8 rings (SSSR count). The van der Waals surface area contributed by atoms with Crippen molar-refractivity contribution in [3.63, 3.8) is 0 Å². The van der Waals surface area contributed by atoms with E-state index < -0.39 is 23.6 Å². The van der Waals surface area contributed by atoms with Crippen LogP contribution in [0.15, 0.2) is 96.4 Å². The first-order valence-electron chi connectivity index (χ1n) is 19.6. The van der Waals surface area contributed by atoms with E-state index in [9.17, 15) is 22.8 Å². The van der Waals surface area contributed by atoms with Gasteiger partial charge in [0.05, 0.1) is 40.7 Å². The van der Waals surface area contributed by atoms with Gasteiger partial charge in [-0.2, -0.15) is 18.3 Å². The Hall–Kier alpha value is -7.04. The molecule has 0 unspecified atom stereocenters. The van der Waals surface area contributed by atoms with Crippen LogP contribution in [0.5, 0.6) is 5.88 Å². The molecular weight excluding hydrogens is 793 g/mol. The molecule has 1 fully saturated rings. The SMILES string of the molecule is COc1ncnc(C2CC2)c1-c1cc(N(CCNC(=O)c2cc(Cc3n[nH]c(=O)c4ccccc34)ccc2F)Cc2ccc(-c3nc(C(F)(F)F)cn3C(C)C)cc2)ncn1. The van der Waals surface area contributed by atoms with Crippen molar-refractivity contribution in [2.75, 3.05) is 25.1 Å². The molecular formula is C44H40F4N10O3. The zero-order valence-electron chi connectivity index (χ0n) is 33.4. The van der Waals surface area contributed by atoms with Crippen LogP contribution in [0.3, 0.4) is 0 Å². The average Bonchev–Trinajstić information content (AvgIpc) is 4.00. The Kier molecular flexibility index (Phi) is 11.3. The first kappa shape index (κ1) is 40.7. The van der Waals surface area contributed by atoms with Crippen molar-refractivity contribution in [2.45, 2.75) is 57.8 Å². The summed E-state index contributed by atoms with van der Waals surface area (Å²) in [6.07, 6.45) is 1.51. The molecule has 4 heterocycles. The number of carbonyl (C=O) groups is 1. The third-order valence-corrected chi connectivity index (χ3v) is 10.5. The topological polar surface area (TPSA) is 157 Å². The van der Waals surface area contributed by atoms with Gasteiger partial charge in [-0.25, -0.2) is 34.4 Å². The molecule has 1 aliphatic carbocycles. The maximum absolute atomic E-state index is 15.2. The lowest BCUT2D eigenvalue weighted by Gasteiger charge is -2.25. The van der Waals surface area contributed by atoms with Crippen molar-refractivity contribution in [3.05, 3.63) is 142 Å². The summed E-state index contributed by atoms with van der Waals surface area (Å²) >= 11 is 0. The van der Waals surface area contributed by atoms with Gasteiger partial charge in [0.25, 0.3) is 11.5 Å². The van der Waals surface area contributed by atoms with E-state index in [2.05, 4.69) is 40.4 Å². The number of fused-ring (bicyclic) bond motifs is 1. The molecule has 0 spiro atoms. The van der Waals surface area contributed by atoms with E-state index in [1.807, 2.05) is 4.90 Å². The summed E-state index contributed by atoms with van der Waals surface area (Å²) < 4.78 is 63.2. The lowest BCUT2D eigenvalue weighted by molar-refractivity contribution is -0.140. The lowest BCUT2D eigenvalue weighted by Crippen LogP contribution is -2.35. The van der Waals surface area contributed by atoms with Gasteiger partial charge >= 0.3 is 6.18 Å². The smallest absolute Gasteiger partial charge is 0.434 e. The van der Waals surface area contributed by atoms with Gasteiger partial charge in [-0.1, -0.05) is 48.5 Å². The minimum absolute atomic E-state index is 0.0726. The molecule has 1 aliphatic rings. The van der Waals surface area contributed by atoms with Crippen molar-refractivity contribution < 1.29 is 27.1 Å². The highest BCUT2D eigenvalue weighted by Gasteiger charge is 2.35. The number of aromatic nitrogens is 8. The molecule has 61 heavy (non-hydrogen) atoms. The average molecular weight is 833 g/mol. The van der Waals surface area contributed by atoms with E-state index in [0.29, 0.717) is 50.5 Å². The van der Waals surface area contributed by atoms with Gasteiger partial charge in [0, 0.05) is 61.2 Å². The Morgan fingerprint density at radius 3 is 2.43 bits per heavy atom. The number of aromatic amines is 1. The van der Waals surface area contributed by atoms with Gasteiger partial charge in [0.1, 0.15) is 30.1 Å². The van der Waals surface area contributed by atoms with E-state index in [0.717, 1.165) is 30.3 Å². The largest absolute Gasteiger partial charge is 0.480 e. The second-order valence-corrected chi connectivity index (χ2v) is 15.0. The zero-order valence-corrected chi connectivity index (χ0v) is 33.4. The van der Waals surface area contributed by atoms with Crippen LogP contribution in [0.4, 0.5) is 23.4 Å². The van der Waals surface area contributed by atoms with Crippen molar-refractivity contribution in [1.82, 2.24) is 45.0 Å². The van der Waals surface area contributed by atoms with Gasteiger partial charge in [-0.3, -0.25) is 9.59 Å². The number of hydrogen-bond donors (Lipinski definition) is 2. The minimum Gasteiger partial charge on any atom is -0.480 e. The molecule has 17 heteroatoms. The highest BCUT2D eigenvalue weighted by Crippen LogP contribution is 2.45. The fourth-order valence-electron chi connectivity index (χ4n) is 7.25. The summed E-state index contributed by atoms with van der Waals surface area (Å²) in [5.41, 5.74) is 3.06. The van der Waals surface area contributed by atoms with Gasteiger partial charge in [0.15, 0.2) is 5.69 Å². The number of ether oxygens (including phenoxy) is 1. The molecule has 2 N–H and O–H groups in total. The third kappa shape index (κ3) is 8.81. The van der Waals surface area contributed by atoms with Crippen LogP contribution in [-0.2, 0) is 19.1 Å². The van der Waals surface area contributed by atoms with Crippen LogP contribution in [0.1, 0.15) is 77.2 Å². The number of nitrogens with one attached hydrogen (secondary N) is 2. The minimum atomic E-state index is -4.59. The number of carbonyl (C=O) groups excluding carboxylic acids is 1. The second-order valence-electron chi connectivity index (χ2n) is 15.0. The standard InChI is InChI=1S/C44H40F4N10O3/c1-25(2)58-22-36(44(46,47)48)54-40(58)29-11-8-26(9-12-29)21-57(37-20-35(50-23-51-37)38-39(28-13-14-28)52-24-53-43(38)61-3)17-16-49-41(59)32-18-27(10-15-33(32)45)19-34-30-6-4-5-7-31(30)42(60)56-55-34/h4-12,15,18,20,22-25,28H,13-14,16-17,19,21H2,1-3H3,(H,49,59)(H,56,60). The van der Waals surface area contributed by atoms with Gasteiger partial charge < -0.3 is 19.5 Å². The number of amides is 1. The maximum atomic E-state index is 15.2. The van der Waals surface area contributed by atoms with Crippen molar-refractivity contribution in [3.8, 4) is 28.5 Å². The number of rotatable bonds is 14. The number of H-pyrrole nitrogens is 1. The van der Waals surface area contributed by atoms with E-state index in [1.165, 1.54) is 36.5 Å². The number of imidazole rings is 1. The van der Waals surface area contributed by atoms with Crippen LogP contribution in [0, 0.1) is 5.82 Å². The van der Waals surface area contributed by atoms with Crippen molar-refractivity contribution in [1.29, 1.82) is 0 Å². The molecule has 0 aliphatic heterocycles. The highest BCUT2D eigenvalue weighted by molar-refractivity contribution is 5.94. The Morgan fingerprint density at radius 2 is 1.70 bits per heavy atom. The van der Waals surface area contributed by atoms with E-state index in [1.54, 1.807) is 74.5 Å². The highest BCUT2D eigenvalue weighted by atomic mass is 19.4. The Balaban J connectivity index is 1.06. The summed E-state index contributed by atoms with van der Waals surface area (Å²) in [7, 11) is 1.53. The van der Waals surface area contributed by atoms with Crippen LogP contribution in [-0.4, -0.2) is 65.8 Å². The predicted molar refractivity (Wildman–Crippen MR) is 220 cm³/mol. The summed E-state index contributed by atoms with van der Waals surface area (Å²) in [6.45, 7) is 4.12. The summed E-state index contributed by atoms with van der Waals surface area (Å²) in [6, 6.07) is 19.9. The summed E-state index contributed by atoms with van der Waals surface area (Å²) in [4.78, 5) is 49.7. The Morgan fingerprint density at radius 1 is 0.967 bits per heavy atom. The predicted octanol–water partition coefficient (Wildman–Crippen LogP) is 7.69. The van der Waals surface area contributed by atoms with Crippen molar-refractivity contribution in [2.24, 2.45) is 0 Å². The molecule has 0 saturated heterocycles. The van der Waals surface area contributed by atoms with Gasteiger partial charge in [-0.15, -0.1) is 0 Å². The van der Waals surface area contributed by atoms with Crippen molar-refractivity contribution >= 4 is 22.5 Å². The Bertz CT molecular complexity index is 2780. The van der Waals surface area contributed by atoms with Crippen LogP contribution in [0.25, 0.3) is 33.4 Å². The van der Waals surface area contributed by atoms with Crippen LogP contribution >= 0.6 is 0 Å². The second kappa shape index (κ2) is 16.9.